The van der Waals surface area contributed by atoms with Gasteiger partial charge in [0.25, 0.3) is 0 Å². The topological polar surface area (TPSA) is 122 Å². The van der Waals surface area contributed by atoms with E-state index in [1.165, 1.54) is 12.8 Å². The number of hydrogen-bond donors (Lipinski definition) is 2. The zero-order valence-corrected chi connectivity index (χ0v) is 24.0. The van der Waals surface area contributed by atoms with E-state index < -0.39 is 11.0 Å². The van der Waals surface area contributed by atoms with Crippen molar-refractivity contribution in [2.24, 2.45) is 5.41 Å². The van der Waals surface area contributed by atoms with Crippen molar-refractivity contribution in [3.8, 4) is 23.2 Å². The summed E-state index contributed by atoms with van der Waals surface area (Å²) in [6.45, 7) is 3.99. The number of hydrogen-bond acceptors (Lipinski definition) is 8. The van der Waals surface area contributed by atoms with Gasteiger partial charge in [-0.25, -0.2) is 0 Å². The maximum atomic E-state index is 12.4. The van der Waals surface area contributed by atoms with E-state index in [1.54, 1.807) is 19.5 Å². The molecule has 9 nitrogen and oxygen atoms in total. The zero-order chi connectivity index (χ0) is 26.3. The third-order valence-corrected chi connectivity index (χ3v) is 10.2. The minimum absolute atomic E-state index is 0.0603. The quantitative estimate of drug-likeness (QED) is 0.405. The predicted molar refractivity (Wildman–Crippen MR) is 143 cm³/mol. The summed E-state index contributed by atoms with van der Waals surface area (Å²) in [5, 5.41) is 13.8. The fraction of sp³-hybridized carbons (Fsp3) is 0.615. The average molecular weight is 591 g/mol. The van der Waals surface area contributed by atoms with Gasteiger partial charge in [-0.2, -0.15) is 0 Å². The molecule has 199 valence electrons. The van der Waals surface area contributed by atoms with Crippen LogP contribution in [0.4, 0.5) is 0 Å². The molecule has 2 aromatic heterocycles. The number of pyridine rings is 1. The first-order valence-electron chi connectivity index (χ1n) is 12.7. The summed E-state index contributed by atoms with van der Waals surface area (Å²) in [7, 11) is 1.74. The van der Waals surface area contributed by atoms with Gasteiger partial charge in [0.1, 0.15) is 0 Å². The standard InChI is InChI=1S/C26H34AsClN5O4/c1-17(14-35-2)32-19-5-3-18(4-6-19)27-23-11-20(21(28)12-30-23)22-13-31-24(34)25(33-22)37-16-26(15-29)7-9-36-10-8-26/h11-13,17-19,32H,3-10,14,16H2,1-2H3,(H,31,34)/t17-,18?,19?/m1/s1. The van der Waals surface area contributed by atoms with Crippen LogP contribution in [0.3, 0.4) is 0 Å². The molecule has 0 spiro atoms. The third kappa shape index (κ3) is 7.55. The molecule has 0 aromatic carbocycles. The van der Waals surface area contributed by atoms with Crippen LogP contribution in [0.5, 0.6) is 5.88 Å². The van der Waals surface area contributed by atoms with E-state index in [-0.39, 0.29) is 28.2 Å². The van der Waals surface area contributed by atoms with Gasteiger partial charge in [0.2, 0.25) is 0 Å². The molecule has 37 heavy (non-hydrogen) atoms. The Kier molecular flexibility index (Phi) is 10.0. The molecular formula is C26H34AsClN5O4. The number of nitrogens with one attached hydrogen (secondary N) is 2. The number of halogens is 1. The van der Waals surface area contributed by atoms with Crippen LogP contribution in [-0.4, -0.2) is 76.3 Å². The Morgan fingerprint density at radius 2 is 2.11 bits per heavy atom. The molecule has 11 heteroatoms. The Bertz CT molecular complexity index is 1140. The number of rotatable bonds is 10. The SMILES string of the molecule is COC[C@@H](C)NC1CCC([As]c2cc(-c3c[nH]c(=O)c(OCC4(C#N)CCOCC4)n3)c(Cl)cn2)CC1. The molecule has 1 aliphatic heterocycles. The van der Waals surface area contributed by atoms with Crippen LogP contribution in [0.1, 0.15) is 45.4 Å². The molecule has 2 aromatic rings. The fourth-order valence-electron chi connectivity index (χ4n) is 4.83. The van der Waals surface area contributed by atoms with E-state index in [9.17, 15) is 10.1 Å². The first kappa shape index (κ1) is 28.1. The second-order valence-corrected chi connectivity index (χ2v) is 13.3. The van der Waals surface area contributed by atoms with Crippen molar-refractivity contribution in [2.75, 3.05) is 33.5 Å². The molecule has 0 amide bonds. The Labute approximate surface area is 229 Å². The number of nitriles is 1. The minimum atomic E-state index is -0.677. The normalized spacial score (nSPS) is 22.5. The molecule has 4 rings (SSSR count). The molecule has 1 aliphatic carbocycles. The van der Waals surface area contributed by atoms with E-state index in [4.69, 9.17) is 25.8 Å². The summed E-state index contributed by atoms with van der Waals surface area (Å²) < 4.78 is 18.1. The summed E-state index contributed by atoms with van der Waals surface area (Å²) in [5.41, 5.74) is 0.116. The number of methoxy groups -OCH3 is 1. The molecular weight excluding hydrogens is 557 g/mol. The molecule has 2 fully saturated rings. The third-order valence-electron chi connectivity index (χ3n) is 6.99. The molecule has 2 aliphatic rings. The fourth-order valence-corrected chi connectivity index (χ4v) is 7.68. The second-order valence-electron chi connectivity index (χ2n) is 9.89. The number of ether oxygens (including phenoxy) is 3. The van der Waals surface area contributed by atoms with Gasteiger partial charge >= 0.3 is 230 Å². The molecule has 1 saturated heterocycles. The van der Waals surface area contributed by atoms with E-state index in [1.807, 2.05) is 6.07 Å². The van der Waals surface area contributed by atoms with Crippen molar-refractivity contribution in [2.45, 2.75) is 62.2 Å². The van der Waals surface area contributed by atoms with Crippen LogP contribution in [0.15, 0.2) is 23.3 Å². The van der Waals surface area contributed by atoms with Gasteiger partial charge in [-0.15, -0.1) is 0 Å². The molecule has 0 bridgehead atoms. The van der Waals surface area contributed by atoms with Crippen molar-refractivity contribution in [1.29, 1.82) is 5.26 Å². The van der Waals surface area contributed by atoms with Gasteiger partial charge in [-0.3, -0.25) is 0 Å². The first-order valence-corrected chi connectivity index (χ1v) is 15.1. The summed E-state index contributed by atoms with van der Waals surface area (Å²) in [6, 6.07) is 5.24. The van der Waals surface area contributed by atoms with Crippen LogP contribution in [-0.2, 0) is 9.47 Å². The Morgan fingerprint density at radius 3 is 2.81 bits per heavy atom. The van der Waals surface area contributed by atoms with E-state index in [0.717, 1.165) is 23.9 Å². The Morgan fingerprint density at radius 1 is 1.35 bits per heavy atom. The van der Waals surface area contributed by atoms with Crippen LogP contribution in [0.25, 0.3) is 11.3 Å². The van der Waals surface area contributed by atoms with Crippen LogP contribution < -0.4 is 20.1 Å². The van der Waals surface area contributed by atoms with Crippen LogP contribution in [0.2, 0.25) is 9.73 Å². The van der Waals surface area contributed by atoms with Crippen LogP contribution >= 0.6 is 11.6 Å². The molecule has 1 atom stereocenters. The van der Waals surface area contributed by atoms with Gasteiger partial charge in [-0.05, 0) is 0 Å². The van der Waals surface area contributed by atoms with Crippen molar-refractivity contribution in [3.05, 3.63) is 33.8 Å². The monoisotopic (exact) mass is 590 g/mol. The Balaban J connectivity index is 1.41. The van der Waals surface area contributed by atoms with Gasteiger partial charge in [-0.1, -0.05) is 0 Å². The summed E-state index contributed by atoms with van der Waals surface area (Å²) in [4.78, 5) is 24.2. The second kappa shape index (κ2) is 13.2. The van der Waals surface area contributed by atoms with Crippen molar-refractivity contribution in [1.82, 2.24) is 20.3 Å². The summed E-state index contributed by atoms with van der Waals surface area (Å²) in [5.74, 6) is -0.0603. The molecule has 2 N–H and O–H groups in total. The van der Waals surface area contributed by atoms with Gasteiger partial charge in [0.05, 0.1) is 0 Å². The molecule has 3 heterocycles. The summed E-state index contributed by atoms with van der Waals surface area (Å²) >= 11 is 6.37. The van der Waals surface area contributed by atoms with E-state index in [2.05, 4.69) is 33.3 Å². The Hall–Kier alpha value is -1.95. The number of H-pyrrole nitrogens is 1. The van der Waals surface area contributed by atoms with Crippen molar-refractivity contribution in [3.63, 3.8) is 0 Å². The number of aromatic amines is 1. The average Bonchev–Trinajstić information content (AvgIpc) is 2.91. The number of nitrogens with zero attached hydrogens (tertiary/aromatic N) is 3. The van der Waals surface area contributed by atoms with Crippen molar-refractivity contribution >= 4 is 31.8 Å². The summed E-state index contributed by atoms with van der Waals surface area (Å²) in [6.07, 6.45) is 9.02. The van der Waals surface area contributed by atoms with Gasteiger partial charge < -0.3 is 0 Å². The molecule has 1 saturated carbocycles. The molecule has 0 unspecified atom stereocenters. The first-order chi connectivity index (χ1) is 17.9. The number of aromatic nitrogens is 3. The van der Waals surface area contributed by atoms with Crippen LogP contribution in [0, 0.1) is 16.7 Å². The van der Waals surface area contributed by atoms with E-state index in [0.29, 0.717) is 59.1 Å². The molecule has 1 radical (unpaired) electrons. The van der Waals surface area contributed by atoms with Gasteiger partial charge in [0.15, 0.2) is 0 Å². The van der Waals surface area contributed by atoms with E-state index >= 15 is 0 Å². The predicted octanol–water partition coefficient (Wildman–Crippen LogP) is 2.87. The zero-order valence-electron chi connectivity index (χ0n) is 21.3. The van der Waals surface area contributed by atoms with Crippen molar-refractivity contribution < 1.29 is 14.2 Å². The maximum absolute atomic E-state index is 12.4. The van der Waals surface area contributed by atoms with Gasteiger partial charge in [0, 0.05) is 0 Å².